The van der Waals surface area contributed by atoms with E-state index in [0.29, 0.717) is 13.0 Å². The Morgan fingerprint density at radius 2 is 2.00 bits per heavy atom. The van der Waals surface area contributed by atoms with Crippen LogP contribution >= 0.6 is 12.4 Å². The van der Waals surface area contributed by atoms with Crippen LogP contribution < -0.4 is 4.74 Å². The summed E-state index contributed by atoms with van der Waals surface area (Å²) in [6.45, 7) is 2.41. The van der Waals surface area contributed by atoms with Crippen LogP contribution in [0.2, 0.25) is 0 Å². The fourth-order valence-corrected chi connectivity index (χ4v) is 1.25. The molecule has 3 nitrogen and oxygen atoms in total. The van der Waals surface area contributed by atoms with Gasteiger partial charge in [-0.2, -0.15) is 0 Å². The van der Waals surface area contributed by atoms with E-state index in [-0.39, 0.29) is 18.3 Å². The molecule has 4 heteroatoms. The molecule has 0 aliphatic heterocycles. The summed E-state index contributed by atoms with van der Waals surface area (Å²) >= 11 is 0. The van der Waals surface area contributed by atoms with Crippen molar-refractivity contribution in [3.8, 4) is 5.75 Å². The molecule has 0 bridgehead atoms. The SMILES string of the molecule is CCOC(=N)Cc1ccccc1OC.Cl. The number of benzene rings is 1. The smallest absolute Gasteiger partial charge is 0.184 e. The predicted molar refractivity (Wildman–Crippen MR) is 63.3 cm³/mol. The summed E-state index contributed by atoms with van der Waals surface area (Å²) < 4.78 is 10.2. The van der Waals surface area contributed by atoms with Gasteiger partial charge in [-0.05, 0) is 13.0 Å². The van der Waals surface area contributed by atoms with Gasteiger partial charge in [-0.1, -0.05) is 18.2 Å². The van der Waals surface area contributed by atoms with Crippen LogP contribution in [0.5, 0.6) is 5.75 Å². The van der Waals surface area contributed by atoms with Crippen molar-refractivity contribution in [2.45, 2.75) is 13.3 Å². The van der Waals surface area contributed by atoms with Crippen molar-refractivity contribution in [3.05, 3.63) is 29.8 Å². The highest BCUT2D eigenvalue weighted by Gasteiger charge is 2.04. The first-order valence-corrected chi connectivity index (χ1v) is 4.60. The number of methoxy groups -OCH3 is 1. The second kappa shape index (κ2) is 7.12. The summed E-state index contributed by atoms with van der Waals surface area (Å²) in [5.74, 6) is 1.08. The zero-order valence-electron chi connectivity index (χ0n) is 8.95. The first-order valence-electron chi connectivity index (χ1n) is 4.60. The summed E-state index contributed by atoms with van der Waals surface area (Å²) in [5, 5.41) is 7.52. The van der Waals surface area contributed by atoms with Gasteiger partial charge in [0.15, 0.2) is 5.90 Å². The van der Waals surface area contributed by atoms with Crippen molar-refractivity contribution in [3.63, 3.8) is 0 Å². The van der Waals surface area contributed by atoms with E-state index < -0.39 is 0 Å². The molecule has 0 aliphatic rings. The minimum Gasteiger partial charge on any atom is -0.496 e. The quantitative estimate of drug-likeness (QED) is 0.637. The fourth-order valence-electron chi connectivity index (χ4n) is 1.25. The Morgan fingerprint density at radius 3 is 2.60 bits per heavy atom. The Bertz CT molecular complexity index is 315. The van der Waals surface area contributed by atoms with Crippen LogP contribution in [0, 0.1) is 5.41 Å². The van der Waals surface area contributed by atoms with Gasteiger partial charge in [-0.15, -0.1) is 12.4 Å². The molecular formula is C11H16ClNO2. The number of ether oxygens (including phenoxy) is 2. The van der Waals surface area contributed by atoms with Crippen LogP contribution in [-0.4, -0.2) is 19.6 Å². The van der Waals surface area contributed by atoms with Crippen molar-refractivity contribution in [1.82, 2.24) is 0 Å². The predicted octanol–water partition coefficient (Wildman–Crippen LogP) is 2.67. The third-order valence-electron chi connectivity index (χ3n) is 1.86. The second-order valence-corrected chi connectivity index (χ2v) is 2.84. The van der Waals surface area contributed by atoms with Crippen LogP contribution in [0.4, 0.5) is 0 Å². The molecule has 0 aliphatic carbocycles. The van der Waals surface area contributed by atoms with Crippen LogP contribution in [0.3, 0.4) is 0 Å². The zero-order valence-corrected chi connectivity index (χ0v) is 9.76. The lowest BCUT2D eigenvalue weighted by molar-refractivity contribution is 0.316. The molecule has 0 saturated heterocycles. The topological polar surface area (TPSA) is 42.3 Å². The molecule has 0 heterocycles. The van der Waals surface area contributed by atoms with E-state index in [2.05, 4.69) is 0 Å². The maximum absolute atomic E-state index is 7.52. The van der Waals surface area contributed by atoms with Crippen LogP contribution in [-0.2, 0) is 11.2 Å². The summed E-state index contributed by atoms with van der Waals surface area (Å²) in [7, 11) is 1.63. The molecule has 0 atom stereocenters. The Morgan fingerprint density at radius 1 is 1.33 bits per heavy atom. The number of hydrogen-bond donors (Lipinski definition) is 1. The molecule has 1 rings (SSSR count). The molecular weight excluding hydrogens is 214 g/mol. The Balaban J connectivity index is 0.00000196. The van der Waals surface area contributed by atoms with E-state index in [1.807, 2.05) is 31.2 Å². The Labute approximate surface area is 96.3 Å². The molecule has 0 saturated carbocycles. The van der Waals surface area contributed by atoms with E-state index in [4.69, 9.17) is 14.9 Å². The van der Waals surface area contributed by atoms with Crippen molar-refractivity contribution in [2.75, 3.05) is 13.7 Å². The fraction of sp³-hybridized carbons (Fsp3) is 0.364. The lowest BCUT2D eigenvalue weighted by atomic mass is 10.1. The average molecular weight is 230 g/mol. The zero-order chi connectivity index (χ0) is 10.4. The number of halogens is 1. The van der Waals surface area contributed by atoms with Gasteiger partial charge in [0, 0.05) is 5.56 Å². The average Bonchev–Trinajstić information content (AvgIpc) is 2.19. The van der Waals surface area contributed by atoms with Crippen LogP contribution in [0.25, 0.3) is 0 Å². The summed E-state index contributed by atoms with van der Waals surface area (Å²) in [4.78, 5) is 0. The molecule has 0 unspecified atom stereocenters. The number of nitrogens with one attached hydrogen (secondary N) is 1. The first-order chi connectivity index (χ1) is 6.77. The highest BCUT2D eigenvalue weighted by Crippen LogP contribution is 2.17. The molecule has 0 spiro atoms. The summed E-state index contributed by atoms with van der Waals surface area (Å²) in [5.41, 5.74) is 0.980. The Kier molecular flexibility index (Phi) is 6.54. The van der Waals surface area contributed by atoms with E-state index in [0.717, 1.165) is 11.3 Å². The van der Waals surface area contributed by atoms with Gasteiger partial charge >= 0.3 is 0 Å². The highest BCUT2D eigenvalue weighted by atomic mass is 35.5. The van der Waals surface area contributed by atoms with Gasteiger partial charge in [-0.3, -0.25) is 5.41 Å². The second-order valence-electron chi connectivity index (χ2n) is 2.84. The monoisotopic (exact) mass is 229 g/mol. The van der Waals surface area contributed by atoms with E-state index in [1.165, 1.54) is 0 Å². The maximum Gasteiger partial charge on any atom is 0.184 e. The van der Waals surface area contributed by atoms with Crippen LogP contribution in [0.15, 0.2) is 24.3 Å². The molecule has 1 aromatic carbocycles. The highest BCUT2D eigenvalue weighted by molar-refractivity contribution is 5.85. The lowest BCUT2D eigenvalue weighted by Crippen LogP contribution is -2.07. The minimum absolute atomic E-state index is 0. The summed E-state index contributed by atoms with van der Waals surface area (Å²) in [6.07, 6.45) is 0.484. The van der Waals surface area contributed by atoms with Gasteiger partial charge in [0.2, 0.25) is 0 Å². The number of rotatable bonds is 4. The van der Waals surface area contributed by atoms with Gasteiger partial charge in [0.05, 0.1) is 20.1 Å². The standard InChI is InChI=1S/C11H15NO2.ClH/c1-3-14-11(12)8-9-6-4-5-7-10(9)13-2;/h4-7,12H,3,8H2,1-2H3;1H. The largest absolute Gasteiger partial charge is 0.496 e. The van der Waals surface area contributed by atoms with Gasteiger partial charge in [0.25, 0.3) is 0 Å². The molecule has 15 heavy (non-hydrogen) atoms. The molecule has 84 valence electrons. The van der Waals surface area contributed by atoms with E-state index in [1.54, 1.807) is 7.11 Å². The van der Waals surface area contributed by atoms with Gasteiger partial charge < -0.3 is 9.47 Å². The van der Waals surface area contributed by atoms with Crippen molar-refractivity contribution in [1.29, 1.82) is 5.41 Å². The van der Waals surface area contributed by atoms with Gasteiger partial charge in [-0.25, -0.2) is 0 Å². The molecule has 0 aromatic heterocycles. The van der Waals surface area contributed by atoms with Crippen molar-refractivity contribution >= 4 is 18.3 Å². The van der Waals surface area contributed by atoms with Gasteiger partial charge in [0.1, 0.15) is 5.75 Å². The minimum atomic E-state index is 0. The van der Waals surface area contributed by atoms with Crippen LogP contribution in [0.1, 0.15) is 12.5 Å². The lowest BCUT2D eigenvalue weighted by Gasteiger charge is -2.08. The molecule has 0 radical (unpaired) electrons. The summed E-state index contributed by atoms with van der Waals surface area (Å²) in [6, 6.07) is 7.66. The molecule has 0 fully saturated rings. The third kappa shape index (κ3) is 4.21. The van der Waals surface area contributed by atoms with Crippen molar-refractivity contribution < 1.29 is 9.47 Å². The molecule has 0 amide bonds. The maximum atomic E-state index is 7.52. The number of para-hydroxylation sites is 1. The number of hydrogen-bond acceptors (Lipinski definition) is 3. The van der Waals surface area contributed by atoms with E-state index >= 15 is 0 Å². The molecule has 1 aromatic rings. The van der Waals surface area contributed by atoms with Crippen molar-refractivity contribution in [2.24, 2.45) is 0 Å². The van der Waals surface area contributed by atoms with E-state index in [9.17, 15) is 0 Å². The first kappa shape index (κ1) is 13.8. The Hall–Kier alpha value is -1.22. The molecule has 1 N–H and O–H groups in total. The normalized spacial score (nSPS) is 8.93. The third-order valence-corrected chi connectivity index (χ3v) is 1.86.